The smallest absolute Gasteiger partial charge is 1.00 e. The van der Waals surface area contributed by atoms with E-state index in [0.717, 1.165) is 15.6 Å². The topological polar surface area (TPSA) is 20.2 Å². The Labute approximate surface area is 182 Å². The maximum absolute atomic E-state index is 11.6. The average Bonchev–Trinajstić information content (AvgIpc) is 2.56. The van der Waals surface area contributed by atoms with Crippen LogP contribution in [-0.2, 0) is 26.2 Å². The summed E-state index contributed by atoms with van der Waals surface area (Å²) in [6, 6.07) is 30.0. The van der Waals surface area contributed by atoms with Crippen molar-refractivity contribution in [3.63, 3.8) is 0 Å². The fraction of sp³-hybridized carbons (Fsp3) is 0. The van der Waals surface area contributed by atoms with Crippen molar-refractivity contribution < 1.29 is 68.2 Å². The van der Waals surface area contributed by atoms with E-state index in [-0.39, 0.29) is 63.4 Å². The molecule has 3 aromatic carbocycles. The molecule has 1 nitrogen and oxygen atoms in total. The zero-order valence-electron chi connectivity index (χ0n) is 12.7. The van der Waals surface area contributed by atoms with Gasteiger partial charge in [-0.1, -0.05) is 91.0 Å². The molecule has 0 spiro atoms. The summed E-state index contributed by atoms with van der Waals surface area (Å²) in [6.07, 6.45) is 0. The van der Waals surface area contributed by atoms with Crippen molar-refractivity contribution in [2.24, 2.45) is 0 Å². The largest absolute Gasteiger partial charge is 3.00 e. The van der Waals surface area contributed by atoms with Gasteiger partial charge < -0.3 is 42.0 Å². The van der Waals surface area contributed by atoms with E-state index >= 15 is 0 Å². The van der Waals surface area contributed by atoms with E-state index in [4.69, 9.17) is 0 Å². The minimum absolute atomic E-state index is 0. The van der Waals surface area contributed by atoms with Gasteiger partial charge in [0.1, 0.15) is 0 Å². The van der Waals surface area contributed by atoms with Crippen molar-refractivity contribution in [1.29, 1.82) is 0 Å². The third-order valence-electron chi connectivity index (χ3n) is 3.57. The molecule has 0 bridgehead atoms. The van der Waals surface area contributed by atoms with Crippen LogP contribution in [0.25, 0.3) is 0 Å². The Morgan fingerprint density at radius 1 is 0.458 bits per heavy atom. The molecular formula is C18H16Cl3OSiZr. The summed E-state index contributed by atoms with van der Waals surface area (Å²) in [6.45, 7) is 0. The summed E-state index contributed by atoms with van der Waals surface area (Å²) in [5, 5.41) is 3.03. The van der Waals surface area contributed by atoms with E-state index in [1.807, 2.05) is 91.0 Å². The molecule has 0 amide bonds. The molecule has 1 radical (unpaired) electrons. The summed E-state index contributed by atoms with van der Waals surface area (Å²) >= 11 is 0. The average molecular weight is 474 g/mol. The van der Waals surface area contributed by atoms with Gasteiger partial charge in [0.05, 0.1) is 0 Å². The van der Waals surface area contributed by atoms with Crippen molar-refractivity contribution in [2.75, 3.05) is 0 Å². The molecule has 0 aliphatic rings. The van der Waals surface area contributed by atoms with Gasteiger partial charge in [-0.05, 0) is 15.6 Å². The van der Waals surface area contributed by atoms with Crippen LogP contribution in [0.1, 0.15) is 0 Å². The summed E-state index contributed by atoms with van der Waals surface area (Å²) in [7, 11) is -2.88. The van der Waals surface area contributed by atoms with Crippen molar-refractivity contribution in [3.8, 4) is 0 Å². The molecule has 0 atom stereocenters. The van der Waals surface area contributed by atoms with Crippen LogP contribution in [0.5, 0.6) is 0 Å². The van der Waals surface area contributed by atoms with Gasteiger partial charge in [0.15, 0.2) is 0 Å². The summed E-state index contributed by atoms with van der Waals surface area (Å²) < 4.78 is 0. The molecule has 0 aliphatic heterocycles. The van der Waals surface area contributed by atoms with Crippen molar-refractivity contribution in [3.05, 3.63) is 91.0 Å². The summed E-state index contributed by atoms with van der Waals surface area (Å²) in [5.74, 6) is 0. The molecule has 6 heteroatoms. The van der Waals surface area contributed by atoms with Gasteiger partial charge in [0.25, 0.3) is 8.32 Å². The van der Waals surface area contributed by atoms with Gasteiger partial charge in [-0.3, -0.25) is 0 Å². The zero-order valence-corrected chi connectivity index (χ0v) is 18.5. The number of rotatable bonds is 3. The van der Waals surface area contributed by atoms with Crippen molar-refractivity contribution in [1.82, 2.24) is 0 Å². The number of hydrogen-bond donors (Lipinski definition) is 1. The molecule has 0 aromatic heterocycles. The molecule has 24 heavy (non-hydrogen) atoms. The fourth-order valence-corrected chi connectivity index (χ4v) is 5.56. The molecule has 0 aliphatic carbocycles. The van der Waals surface area contributed by atoms with Crippen LogP contribution in [-0.4, -0.2) is 13.1 Å². The number of benzene rings is 3. The monoisotopic (exact) mass is 471 g/mol. The quantitative estimate of drug-likeness (QED) is 0.296. The molecule has 1 N–H and O–H groups in total. The van der Waals surface area contributed by atoms with Crippen LogP contribution in [0.4, 0.5) is 0 Å². The summed E-state index contributed by atoms with van der Waals surface area (Å²) in [5.41, 5.74) is 0. The predicted octanol–water partition coefficient (Wildman–Crippen LogP) is -7.34. The van der Waals surface area contributed by atoms with Crippen LogP contribution in [0.3, 0.4) is 0 Å². The minimum atomic E-state index is -2.88. The van der Waals surface area contributed by atoms with Crippen molar-refractivity contribution in [2.45, 2.75) is 0 Å². The molecular weight excluding hydrogens is 458 g/mol. The summed E-state index contributed by atoms with van der Waals surface area (Å²) in [4.78, 5) is 11.6. The molecule has 0 heterocycles. The molecule has 0 fully saturated rings. The van der Waals surface area contributed by atoms with E-state index < -0.39 is 8.32 Å². The van der Waals surface area contributed by atoms with E-state index in [9.17, 15) is 4.80 Å². The Hall–Kier alpha value is -0.410. The Bertz CT molecular complexity index is 588. The minimum Gasteiger partial charge on any atom is -1.00 e. The first-order chi connectivity index (χ1) is 9.82. The second kappa shape index (κ2) is 12.0. The third kappa shape index (κ3) is 5.29. The Balaban J connectivity index is 0. The first-order valence-corrected chi connectivity index (χ1v) is 8.65. The van der Waals surface area contributed by atoms with Crippen LogP contribution < -0.4 is 52.8 Å². The molecule has 0 saturated carbocycles. The first-order valence-electron chi connectivity index (χ1n) is 6.71. The van der Waals surface area contributed by atoms with Crippen molar-refractivity contribution >= 4 is 23.9 Å². The maximum atomic E-state index is 11.6. The molecule has 0 saturated heterocycles. The zero-order chi connectivity index (χ0) is 13.8. The van der Waals surface area contributed by atoms with Crippen LogP contribution in [0.15, 0.2) is 91.0 Å². The fourth-order valence-electron chi connectivity index (χ4n) is 2.54. The van der Waals surface area contributed by atoms with Gasteiger partial charge in [-0.15, -0.1) is 0 Å². The van der Waals surface area contributed by atoms with Crippen LogP contribution in [0.2, 0.25) is 0 Å². The number of hydrogen-bond acceptors (Lipinski definition) is 1. The first kappa shape index (κ1) is 25.8. The SMILES string of the molecule is O[Si](c1ccccc1)(c1ccccc1)c1ccccc1.[Cl-].[Cl-].[Cl-].[Zr+3]. The number of halogens is 3. The van der Waals surface area contributed by atoms with E-state index in [1.54, 1.807) is 0 Å². The van der Waals surface area contributed by atoms with Gasteiger partial charge in [-0.2, -0.15) is 0 Å². The Morgan fingerprint density at radius 3 is 0.875 bits per heavy atom. The maximum Gasteiger partial charge on any atom is 3.00 e. The third-order valence-corrected chi connectivity index (χ3v) is 7.08. The molecule has 123 valence electrons. The Morgan fingerprint density at radius 2 is 0.667 bits per heavy atom. The Kier molecular flexibility index (Phi) is 12.9. The molecule has 0 unspecified atom stereocenters. The normalized spacial score (nSPS) is 9.38. The van der Waals surface area contributed by atoms with Crippen LogP contribution in [0, 0.1) is 0 Å². The standard InChI is InChI=1S/C18H16OSi.3ClH.Zr/c19-20(16-10-4-1-5-11-16,17-12-6-2-7-13-17)18-14-8-3-9-15-18;;;;/h1-15,19H;3*1H;/q;;;;+3/p-3. The van der Waals surface area contributed by atoms with Gasteiger partial charge >= 0.3 is 26.2 Å². The van der Waals surface area contributed by atoms with Gasteiger partial charge in [0, 0.05) is 0 Å². The van der Waals surface area contributed by atoms with Gasteiger partial charge in [0.2, 0.25) is 0 Å². The van der Waals surface area contributed by atoms with Crippen LogP contribution >= 0.6 is 0 Å². The van der Waals surface area contributed by atoms with Gasteiger partial charge in [-0.25, -0.2) is 0 Å². The van der Waals surface area contributed by atoms with E-state index in [1.165, 1.54) is 0 Å². The second-order valence-electron chi connectivity index (χ2n) is 4.81. The second-order valence-corrected chi connectivity index (χ2v) is 7.96. The molecule has 3 rings (SSSR count). The van der Waals surface area contributed by atoms with E-state index in [2.05, 4.69) is 0 Å². The molecule has 3 aromatic rings. The van der Waals surface area contributed by atoms with E-state index in [0.29, 0.717) is 0 Å². The predicted molar refractivity (Wildman–Crippen MR) is 86.2 cm³/mol.